The molecular weight excluding hydrogens is 419 g/mol. The van der Waals surface area contributed by atoms with E-state index in [1.807, 2.05) is 12.1 Å². The van der Waals surface area contributed by atoms with Gasteiger partial charge in [-0.3, -0.25) is 9.59 Å². The number of rotatable bonds is 5. The van der Waals surface area contributed by atoms with Crippen molar-refractivity contribution in [2.24, 2.45) is 5.92 Å². The summed E-state index contributed by atoms with van der Waals surface area (Å²) in [6.07, 6.45) is 1.25. The van der Waals surface area contributed by atoms with Crippen LogP contribution in [0.1, 0.15) is 35.7 Å². The Balaban J connectivity index is 1.29. The number of hydrogen-bond acceptors (Lipinski definition) is 4. The minimum Gasteiger partial charge on any atom is -0.369 e. The van der Waals surface area contributed by atoms with Crippen molar-refractivity contribution in [2.45, 2.75) is 26.7 Å². The zero-order valence-corrected chi connectivity index (χ0v) is 19.5. The minimum absolute atomic E-state index is 0.00703. The van der Waals surface area contributed by atoms with E-state index < -0.39 is 0 Å². The van der Waals surface area contributed by atoms with E-state index in [0.717, 1.165) is 44.0 Å². The van der Waals surface area contributed by atoms with Crippen LogP contribution in [0.3, 0.4) is 0 Å². The molecule has 33 heavy (non-hydrogen) atoms. The summed E-state index contributed by atoms with van der Waals surface area (Å²) in [5.74, 6) is -0.582. The molecule has 0 aliphatic carbocycles. The lowest BCUT2D eigenvalue weighted by Gasteiger charge is -2.36. The van der Waals surface area contributed by atoms with Crippen LogP contribution in [0.2, 0.25) is 0 Å². The molecule has 2 amide bonds. The number of nitrogens with zero attached hydrogens (tertiary/aromatic N) is 3. The van der Waals surface area contributed by atoms with E-state index in [0.29, 0.717) is 31.5 Å². The molecule has 0 unspecified atom stereocenters. The van der Waals surface area contributed by atoms with E-state index in [9.17, 15) is 14.0 Å². The summed E-state index contributed by atoms with van der Waals surface area (Å²) in [6.45, 7) is 10.6. The first kappa shape index (κ1) is 23.2. The quantitative estimate of drug-likeness (QED) is 0.751. The third-order valence-electron chi connectivity index (χ3n) is 6.87. The van der Waals surface area contributed by atoms with E-state index in [4.69, 9.17) is 0 Å². The van der Waals surface area contributed by atoms with Crippen molar-refractivity contribution >= 4 is 23.2 Å². The van der Waals surface area contributed by atoms with Crippen LogP contribution in [-0.4, -0.2) is 67.4 Å². The number of nitrogens with one attached hydrogen (secondary N) is 1. The number of aryl methyl sites for hydroxylation is 1. The molecule has 0 radical (unpaired) electrons. The highest BCUT2D eigenvalue weighted by molar-refractivity contribution is 5.95. The van der Waals surface area contributed by atoms with Crippen molar-refractivity contribution in [3.63, 3.8) is 0 Å². The van der Waals surface area contributed by atoms with Crippen LogP contribution in [0.25, 0.3) is 0 Å². The number of anilines is 2. The van der Waals surface area contributed by atoms with Gasteiger partial charge in [0.25, 0.3) is 5.91 Å². The van der Waals surface area contributed by atoms with Gasteiger partial charge in [0.15, 0.2) is 0 Å². The number of carbonyl (C=O) groups excluding carboxylic acids is 2. The van der Waals surface area contributed by atoms with E-state index >= 15 is 0 Å². The Morgan fingerprint density at radius 1 is 0.970 bits per heavy atom. The van der Waals surface area contributed by atoms with Crippen molar-refractivity contribution in [1.29, 1.82) is 0 Å². The third kappa shape index (κ3) is 5.53. The molecule has 2 aliphatic rings. The van der Waals surface area contributed by atoms with Crippen LogP contribution in [0.15, 0.2) is 42.5 Å². The van der Waals surface area contributed by atoms with Crippen LogP contribution in [0.5, 0.6) is 0 Å². The molecule has 0 aromatic heterocycles. The second kappa shape index (κ2) is 10.3. The summed E-state index contributed by atoms with van der Waals surface area (Å²) < 4.78 is 13.1. The number of piperidine rings is 1. The molecule has 2 aromatic carbocycles. The van der Waals surface area contributed by atoms with E-state index in [1.165, 1.54) is 30.0 Å². The molecule has 2 aromatic rings. The maximum atomic E-state index is 13.1. The first-order valence-electron chi connectivity index (χ1n) is 11.9. The van der Waals surface area contributed by atoms with Crippen molar-refractivity contribution in [3.8, 4) is 0 Å². The molecule has 0 saturated carbocycles. The van der Waals surface area contributed by atoms with Gasteiger partial charge in [-0.05, 0) is 74.3 Å². The Labute approximate surface area is 195 Å². The summed E-state index contributed by atoms with van der Waals surface area (Å²) in [6, 6.07) is 11.7. The maximum absolute atomic E-state index is 13.1. The number of likely N-dealkylation sites (N-methyl/N-ethyl adjacent to an activating group) is 1. The smallest absolute Gasteiger partial charge is 0.253 e. The van der Waals surface area contributed by atoms with Gasteiger partial charge in [0.2, 0.25) is 5.91 Å². The molecule has 0 atom stereocenters. The average molecular weight is 453 g/mol. The van der Waals surface area contributed by atoms with Crippen LogP contribution >= 0.6 is 0 Å². The third-order valence-corrected chi connectivity index (χ3v) is 6.87. The summed E-state index contributed by atoms with van der Waals surface area (Å²) in [5.41, 5.74) is 3.69. The van der Waals surface area contributed by atoms with E-state index in [1.54, 1.807) is 4.90 Å². The van der Waals surface area contributed by atoms with Crippen LogP contribution < -0.4 is 10.2 Å². The standard InChI is InChI=1S/C26H33FN4O2/c1-3-29-14-16-30(17-15-29)24-9-8-23(18-19(24)2)28-25(32)20-10-12-31(13-11-20)26(33)21-4-6-22(27)7-5-21/h4-9,18,20H,3,10-17H2,1-2H3,(H,28,32). The van der Waals surface area contributed by atoms with Crippen molar-refractivity contribution < 1.29 is 14.0 Å². The molecule has 0 bridgehead atoms. The minimum atomic E-state index is -0.357. The van der Waals surface area contributed by atoms with Crippen LogP contribution in [-0.2, 0) is 4.79 Å². The lowest BCUT2D eigenvalue weighted by Crippen LogP contribution is -2.46. The molecule has 0 spiro atoms. The fourth-order valence-corrected chi connectivity index (χ4v) is 4.76. The number of likely N-dealkylation sites (tertiary alicyclic amines) is 1. The number of halogens is 1. The highest BCUT2D eigenvalue weighted by Crippen LogP contribution is 2.26. The zero-order chi connectivity index (χ0) is 23.4. The Morgan fingerprint density at radius 2 is 1.64 bits per heavy atom. The normalized spacial score (nSPS) is 17.8. The highest BCUT2D eigenvalue weighted by atomic mass is 19.1. The molecule has 2 aliphatic heterocycles. The van der Waals surface area contributed by atoms with Gasteiger partial charge < -0.3 is 20.0 Å². The Kier molecular flexibility index (Phi) is 7.28. The number of piperazine rings is 1. The predicted octanol–water partition coefficient (Wildman–Crippen LogP) is 3.77. The topological polar surface area (TPSA) is 55.9 Å². The van der Waals surface area contributed by atoms with Gasteiger partial charge in [0, 0.05) is 62.1 Å². The van der Waals surface area contributed by atoms with E-state index in [2.05, 4.69) is 35.0 Å². The SMILES string of the molecule is CCN1CCN(c2ccc(NC(=O)C3CCN(C(=O)c4ccc(F)cc4)CC3)cc2C)CC1. The van der Waals surface area contributed by atoms with Gasteiger partial charge >= 0.3 is 0 Å². The monoisotopic (exact) mass is 452 g/mol. The second-order valence-electron chi connectivity index (χ2n) is 8.99. The van der Waals surface area contributed by atoms with Crippen molar-refractivity contribution in [3.05, 3.63) is 59.4 Å². The summed E-state index contributed by atoms with van der Waals surface area (Å²) in [5, 5.41) is 3.07. The number of benzene rings is 2. The number of carbonyl (C=O) groups is 2. The van der Waals surface area contributed by atoms with Gasteiger partial charge in [-0.2, -0.15) is 0 Å². The second-order valence-corrected chi connectivity index (χ2v) is 8.99. The largest absolute Gasteiger partial charge is 0.369 e. The maximum Gasteiger partial charge on any atom is 0.253 e. The van der Waals surface area contributed by atoms with Gasteiger partial charge in [0.05, 0.1) is 0 Å². The molecule has 176 valence electrons. The fraction of sp³-hybridized carbons (Fsp3) is 0.462. The number of amides is 2. The van der Waals surface area contributed by atoms with Gasteiger partial charge in [-0.1, -0.05) is 6.92 Å². The van der Waals surface area contributed by atoms with Crippen molar-refractivity contribution in [2.75, 3.05) is 56.0 Å². The van der Waals surface area contributed by atoms with Gasteiger partial charge in [0.1, 0.15) is 5.82 Å². The number of hydrogen-bond donors (Lipinski definition) is 1. The summed E-state index contributed by atoms with van der Waals surface area (Å²) >= 11 is 0. The molecule has 2 fully saturated rings. The lowest BCUT2D eigenvalue weighted by molar-refractivity contribution is -0.121. The lowest BCUT2D eigenvalue weighted by atomic mass is 9.95. The Morgan fingerprint density at radius 3 is 2.24 bits per heavy atom. The van der Waals surface area contributed by atoms with Crippen LogP contribution in [0, 0.1) is 18.7 Å². The Bertz CT molecular complexity index is 978. The molecule has 2 heterocycles. The summed E-state index contributed by atoms with van der Waals surface area (Å²) in [7, 11) is 0. The van der Waals surface area contributed by atoms with E-state index in [-0.39, 0.29) is 23.5 Å². The first-order valence-corrected chi connectivity index (χ1v) is 11.9. The van der Waals surface area contributed by atoms with Gasteiger partial charge in [-0.25, -0.2) is 4.39 Å². The predicted molar refractivity (Wildman–Crippen MR) is 129 cm³/mol. The fourth-order valence-electron chi connectivity index (χ4n) is 4.76. The average Bonchev–Trinajstić information content (AvgIpc) is 2.84. The summed E-state index contributed by atoms with van der Waals surface area (Å²) in [4.78, 5) is 32.1. The molecular formula is C26H33FN4O2. The molecule has 2 saturated heterocycles. The van der Waals surface area contributed by atoms with Crippen molar-refractivity contribution in [1.82, 2.24) is 9.80 Å². The Hall–Kier alpha value is -2.93. The van der Waals surface area contributed by atoms with Crippen LogP contribution in [0.4, 0.5) is 15.8 Å². The molecule has 7 heteroatoms. The highest BCUT2D eigenvalue weighted by Gasteiger charge is 2.28. The zero-order valence-electron chi connectivity index (χ0n) is 19.5. The van der Waals surface area contributed by atoms with Gasteiger partial charge in [-0.15, -0.1) is 0 Å². The molecule has 1 N–H and O–H groups in total. The first-order chi connectivity index (χ1) is 15.9. The molecule has 6 nitrogen and oxygen atoms in total. The molecule has 4 rings (SSSR count).